The molecule has 0 amide bonds. The molecule has 1 aliphatic rings. The number of rotatable bonds is 2. The van der Waals surface area contributed by atoms with Crippen LogP contribution in [0.15, 0.2) is 47.8 Å². The summed E-state index contributed by atoms with van der Waals surface area (Å²) in [5, 5.41) is 2.16. The van der Waals surface area contributed by atoms with Crippen LogP contribution in [-0.2, 0) is 0 Å². The van der Waals surface area contributed by atoms with Gasteiger partial charge in [-0.25, -0.2) is 0 Å². The van der Waals surface area contributed by atoms with Crippen molar-refractivity contribution >= 4 is 17.0 Å². The van der Waals surface area contributed by atoms with Crippen molar-refractivity contribution in [3.8, 4) is 0 Å². The Balaban J connectivity index is 1.81. The van der Waals surface area contributed by atoms with Crippen molar-refractivity contribution < 1.29 is 0 Å². The molecule has 2 nitrogen and oxygen atoms in total. The molecule has 1 aromatic heterocycles. The van der Waals surface area contributed by atoms with Gasteiger partial charge in [0.15, 0.2) is 0 Å². The Morgan fingerprint density at radius 3 is 2.61 bits per heavy atom. The number of nitrogens with two attached hydrogens (primary N) is 1. The van der Waals surface area contributed by atoms with Gasteiger partial charge in [-0.3, -0.25) is 0 Å². The first kappa shape index (κ1) is 11.8. The second kappa shape index (κ2) is 5.12. The molecule has 2 unspecified atom stereocenters. The number of hydrogen-bond acceptors (Lipinski definition) is 3. The van der Waals surface area contributed by atoms with Gasteiger partial charge in [-0.2, -0.15) is 0 Å². The Hall–Kier alpha value is -1.32. The lowest BCUT2D eigenvalue weighted by Crippen LogP contribution is -2.46. The SMILES string of the molecule is NC1CC(c2cccs2)CN(c2ccccc2)C1. The molecule has 1 aromatic carbocycles. The van der Waals surface area contributed by atoms with Gasteiger partial charge in [-0.15, -0.1) is 11.3 Å². The normalized spacial score (nSPS) is 24.2. The minimum absolute atomic E-state index is 0.269. The van der Waals surface area contributed by atoms with E-state index >= 15 is 0 Å². The topological polar surface area (TPSA) is 29.3 Å². The largest absolute Gasteiger partial charge is 0.369 e. The van der Waals surface area contributed by atoms with Crippen LogP contribution in [0.2, 0.25) is 0 Å². The lowest BCUT2D eigenvalue weighted by Gasteiger charge is -2.37. The van der Waals surface area contributed by atoms with E-state index in [9.17, 15) is 0 Å². The zero-order valence-electron chi connectivity index (χ0n) is 10.3. The maximum absolute atomic E-state index is 6.22. The van der Waals surface area contributed by atoms with E-state index in [2.05, 4.69) is 52.7 Å². The number of anilines is 1. The van der Waals surface area contributed by atoms with Gasteiger partial charge in [-0.1, -0.05) is 24.3 Å². The zero-order chi connectivity index (χ0) is 12.4. The highest BCUT2D eigenvalue weighted by Crippen LogP contribution is 2.31. The molecule has 0 aliphatic carbocycles. The summed E-state index contributed by atoms with van der Waals surface area (Å²) in [6.07, 6.45) is 1.10. The number of benzene rings is 1. The van der Waals surface area contributed by atoms with Crippen molar-refractivity contribution in [2.75, 3.05) is 18.0 Å². The second-order valence-corrected chi connectivity index (χ2v) is 5.93. The third-order valence-electron chi connectivity index (χ3n) is 3.55. The van der Waals surface area contributed by atoms with Crippen LogP contribution in [0.1, 0.15) is 17.2 Å². The van der Waals surface area contributed by atoms with Gasteiger partial charge in [-0.05, 0) is 30.0 Å². The van der Waals surface area contributed by atoms with E-state index in [0.717, 1.165) is 19.5 Å². The smallest absolute Gasteiger partial charge is 0.0366 e. The average molecular weight is 258 g/mol. The Bertz CT molecular complexity index is 480. The van der Waals surface area contributed by atoms with Crippen LogP contribution in [0.5, 0.6) is 0 Å². The molecule has 18 heavy (non-hydrogen) atoms. The first-order valence-electron chi connectivity index (χ1n) is 6.42. The minimum Gasteiger partial charge on any atom is -0.369 e. The number of para-hydroxylation sites is 1. The zero-order valence-corrected chi connectivity index (χ0v) is 11.1. The molecule has 0 radical (unpaired) electrons. The monoisotopic (exact) mass is 258 g/mol. The predicted octanol–water partition coefficient (Wildman–Crippen LogP) is 3.07. The summed E-state index contributed by atoms with van der Waals surface area (Å²) in [7, 11) is 0. The van der Waals surface area contributed by atoms with E-state index in [1.807, 2.05) is 11.3 Å². The standard InChI is InChI=1S/C15H18N2S/c16-13-9-12(15-7-4-8-18-15)10-17(11-13)14-5-2-1-3-6-14/h1-8,12-13H,9-11,16H2. The van der Waals surface area contributed by atoms with Crippen LogP contribution in [0, 0.1) is 0 Å². The molecule has 0 bridgehead atoms. The quantitative estimate of drug-likeness (QED) is 0.897. The maximum Gasteiger partial charge on any atom is 0.0366 e. The lowest BCUT2D eigenvalue weighted by molar-refractivity contribution is 0.458. The Labute approximate surface area is 112 Å². The van der Waals surface area contributed by atoms with Crippen molar-refractivity contribution in [3.63, 3.8) is 0 Å². The maximum atomic E-state index is 6.22. The third kappa shape index (κ3) is 2.42. The summed E-state index contributed by atoms with van der Waals surface area (Å²) < 4.78 is 0. The molecular formula is C15H18N2S. The van der Waals surface area contributed by atoms with Gasteiger partial charge in [0.25, 0.3) is 0 Å². The highest BCUT2D eigenvalue weighted by molar-refractivity contribution is 7.10. The molecule has 2 atom stereocenters. The first-order valence-corrected chi connectivity index (χ1v) is 7.30. The molecule has 0 saturated carbocycles. The number of piperidine rings is 1. The number of thiophene rings is 1. The molecule has 3 rings (SSSR count). The summed E-state index contributed by atoms with van der Waals surface area (Å²) in [6.45, 7) is 2.05. The van der Waals surface area contributed by atoms with Crippen LogP contribution in [0.25, 0.3) is 0 Å². The number of nitrogens with zero attached hydrogens (tertiary/aromatic N) is 1. The van der Waals surface area contributed by atoms with E-state index in [-0.39, 0.29) is 6.04 Å². The highest BCUT2D eigenvalue weighted by atomic mass is 32.1. The summed E-state index contributed by atoms with van der Waals surface area (Å²) in [5.74, 6) is 0.578. The van der Waals surface area contributed by atoms with Crippen molar-refractivity contribution in [1.82, 2.24) is 0 Å². The molecule has 1 saturated heterocycles. The second-order valence-electron chi connectivity index (χ2n) is 4.95. The van der Waals surface area contributed by atoms with E-state index in [1.165, 1.54) is 10.6 Å². The number of hydrogen-bond donors (Lipinski definition) is 1. The molecule has 2 N–H and O–H groups in total. The van der Waals surface area contributed by atoms with Gasteiger partial charge in [0.1, 0.15) is 0 Å². The van der Waals surface area contributed by atoms with Crippen molar-refractivity contribution in [3.05, 3.63) is 52.7 Å². The Morgan fingerprint density at radius 1 is 1.06 bits per heavy atom. The molecular weight excluding hydrogens is 240 g/mol. The van der Waals surface area contributed by atoms with Crippen LogP contribution in [0.4, 0.5) is 5.69 Å². The minimum atomic E-state index is 0.269. The molecule has 2 aromatic rings. The summed E-state index contributed by atoms with van der Waals surface area (Å²) >= 11 is 1.85. The molecule has 1 fully saturated rings. The summed E-state index contributed by atoms with van der Waals surface area (Å²) in [6, 6.07) is 15.2. The van der Waals surface area contributed by atoms with Crippen LogP contribution in [0.3, 0.4) is 0 Å². The Kier molecular flexibility index (Phi) is 3.35. The van der Waals surface area contributed by atoms with Crippen molar-refractivity contribution in [2.45, 2.75) is 18.4 Å². The van der Waals surface area contributed by atoms with E-state index < -0.39 is 0 Å². The van der Waals surface area contributed by atoms with Crippen LogP contribution < -0.4 is 10.6 Å². The van der Waals surface area contributed by atoms with Gasteiger partial charge in [0.05, 0.1) is 0 Å². The summed E-state index contributed by atoms with van der Waals surface area (Å²) in [5.41, 5.74) is 7.51. The van der Waals surface area contributed by atoms with Gasteiger partial charge in [0, 0.05) is 35.6 Å². The predicted molar refractivity (Wildman–Crippen MR) is 78.3 cm³/mol. The molecule has 3 heteroatoms. The fourth-order valence-corrected chi connectivity index (χ4v) is 3.55. The lowest BCUT2D eigenvalue weighted by atomic mass is 9.93. The van der Waals surface area contributed by atoms with Crippen molar-refractivity contribution in [2.24, 2.45) is 5.73 Å². The highest BCUT2D eigenvalue weighted by Gasteiger charge is 2.26. The van der Waals surface area contributed by atoms with Crippen molar-refractivity contribution in [1.29, 1.82) is 0 Å². The molecule has 2 heterocycles. The van der Waals surface area contributed by atoms with Gasteiger partial charge < -0.3 is 10.6 Å². The summed E-state index contributed by atoms with van der Waals surface area (Å²) in [4.78, 5) is 3.88. The third-order valence-corrected chi connectivity index (χ3v) is 4.58. The van der Waals surface area contributed by atoms with Gasteiger partial charge in [0.2, 0.25) is 0 Å². The van der Waals surface area contributed by atoms with E-state index in [4.69, 9.17) is 5.73 Å². The van der Waals surface area contributed by atoms with E-state index in [1.54, 1.807) is 0 Å². The fraction of sp³-hybridized carbons (Fsp3) is 0.333. The van der Waals surface area contributed by atoms with Gasteiger partial charge >= 0.3 is 0 Å². The van der Waals surface area contributed by atoms with Crippen LogP contribution in [-0.4, -0.2) is 19.1 Å². The Morgan fingerprint density at radius 2 is 1.89 bits per heavy atom. The average Bonchev–Trinajstić information content (AvgIpc) is 2.93. The molecule has 0 spiro atoms. The fourth-order valence-electron chi connectivity index (χ4n) is 2.72. The first-order chi connectivity index (χ1) is 8.83. The molecule has 1 aliphatic heterocycles. The molecule has 94 valence electrons. The van der Waals surface area contributed by atoms with Crippen LogP contribution >= 0.6 is 11.3 Å². The van der Waals surface area contributed by atoms with E-state index in [0.29, 0.717) is 5.92 Å².